The monoisotopic (exact) mass is 416 g/mol. The van der Waals surface area contributed by atoms with Gasteiger partial charge >= 0.3 is 0 Å². The summed E-state index contributed by atoms with van der Waals surface area (Å²) in [5.74, 6) is 1.31. The fourth-order valence-electron chi connectivity index (χ4n) is 3.10. The molecule has 0 atom stereocenters. The van der Waals surface area contributed by atoms with Crippen LogP contribution in [0.3, 0.4) is 0 Å². The second-order valence-electron chi connectivity index (χ2n) is 6.36. The fraction of sp³-hybridized carbons (Fsp3) is 0.0455. The maximum Gasteiger partial charge on any atom is 0.258 e. The van der Waals surface area contributed by atoms with Crippen LogP contribution in [0.5, 0.6) is 0 Å². The molecule has 0 saturated carbocycles. The molecular formula is C22H16N4OS2. The molecule has 0 saturated heterocycles. The van der Waals surface area contributed by atoms with E-state index >= 15 is 0 Å². The van der Waals surface area contributed by atoms with E-state index in [1.807, 2.05) is 94.2 Å². The molecule has 5 aromatic rings. The van der Waals surface area contributed by atoms with Gasteiger partial charge in [0.05, 0.1) is 5.88 Å². The van der Waals surface area contributed by atoms with Crippen LogP contribution < -0.4 is 0 Å². The van der Waals surface area contributed by atoms with Gasteiger partial charge < -0.3 is 4.42 Å². The molecule has 2 aromatic heterocycles. The van der Waals surface area contributed by atoms with Crippen molar-refractivity contribution in [1.82, 2.24) is 19.3 Å². The van der Waals surface area contributed by atoms with Crippen molar-refractivity contribution >= 4 is 35.1 Å². The molecule has 0 aliphatic carbocycles. The minimum absolute atomic E-state index is 0.505. The van der Waals surface area contributed by atoms with Crippen LogP contribution in [0.4, 0.5) is 0 Å². The molecule has 0 radical (unpaired) electrons. The molecule has 2 heterocycles. The Morgan fingerprint density at radius 2 is 1.55 bits per heavy atom. The Balaban J connectivity index is 1.53. The first kappa shape index (κ1) is 17.9. The zero-order valence-corrected chi connectivity index (χ0v) is 16.9. The lowest BCUT2D eigenvalue weighted by atomic mass is 10.2. The Morgan fingerprint density at radius 1 is 0.862 bits per heavy atom. The number of rotatable bonds is 5. The Kier molecular flexibility index (Phi) is 4.75. The standard InChI is InChI=1S/C22H16N4OS2/c28-22-25(15-29-21-23-18-13-7-8-14-19(18)27-21)24-20(16-9-3-1-4-10-16)26(22)17-11-5-2-6-12-17/h1-14H,15H2. The summed E-state index contributed by atoms with van der Waals surface area (Å²) in [5.41, 5.74) is 3.61. The molecule has 0 fully saturated rings. The summed E-state index contributed by atoms with van der Waals surface area (Å²) in [4.78, 5) is 4.52. The van der Waals surface area contributed by atoms with Crippen molar-refractivity contribution in [2.24, 2.45) is 0 Å². The second kappa shape index (κ2) is 7.69. The van der Waals surface area contributed by atoms with E-state index in [0.29, 0.717) is 15.9 Å². The average molecular weight is 417 g/mol. The maximum absolute atomic E-state index is 5.81. The number of hydrogen-bond acceptors (Lipinski definition) is 5. The Bertz CT molecular complexity index is 1290. The van der Waals surface area contributed by atoms with E-state index < -0.39 is 0 Å². The van der Waals surface area contributed by atoms with E-state index in [1.165, 1.54) is 11.8 Å². The zero-order chi connectivity index (χ0) is 19.6. The predicted molar refractivity (Wildman–Crippen MR) is 118 cm³/mol. The van der Waals surface area contributed by atoms with E-state index in [0.717, 1.165) is 28.2 Å². The number of aromatic nitrogens is 4. The molecule has 0 aliphatic rings. The summed E-state index contributed by atoms with van der Waals surface area (Å²) < 4.78 is 10.2. The van der Waals surface area contributed by atoms with Crippen molar-refractivity contribution in [1.29, 1.82) is 0 Å². The van der Waals surface area contributed by atoms with E-state index in [4.69, 9.17) is 21.7 Å². The van der Waals surface area contributed by atoms with Crippen molar-refractivity contribution in [3.05, 3.63) is 89.7 Å². The third kappa shape index (κ3) is 3.50. The molecule has 5 nitrogen and oxygen atoms in total. The highest BCUT2D eigenvalue weighted by molar-refractivity contribution is 7.98. The highest BCUT2D eigenvalue weighted by Crippen LogP contribution is 2.27. The zero-order valence-electron chi connectivity index (χ0n) is 15.3. The number of para-hydroxylation sites is 3. The van der Waals surface area contributed by atoms with E-state index in [-0.39, 0.29) is 0 Å². The molecule has 0 aliphatic heterocycles. The lowest BCUT2D eigenvalue weighted by molar-refractivity contribution is 0.487. The average Bonchev–Trinajstić information content (AvgIpc) is 3.34. The van der Waals surface area contributed by atoms with Crippen LogP contribution in [-0.4, -0.2) is 19.3 Å². The summed E-state index contributed by atoms with van der Waals surface area (Å²) in [6, 6.07) is 27.8. The van der Waals surface area contributed by atoms with Gasteiger partial charge in [0.1, 0.15) is 5.52 Å². The number of hydrogen-bond donors (Lipinski definition) is 0. The highest BCUT2D eigenvalue weighted by atomic mass is 32.2. The molecule has 0 unspecified atom stereocenters. The van der Waals surface area contributed by atoms with Crippen LogP contribution in [0.1, 0.15) is 0 Å². The van der Waals surface area contributed by atoms with Crippen LogP contribution in [0.25, 0.3) is 28.2 Å². The third-order valence-electron chi connectivity index (χ3n) is 4.47. The fourth-order valence-corrected chi connectivity index (χ4v) is 4.21. The molecule has 5 rings (SSSR count). The van der Waals surface area contributed by atoms with E-state index in [2.05, 4.69) is 4.98 Å². The van der Waals surface area contributed by atoms with Gasteiger partial charge in [-0.15, -0.1) is 0 Å². The number of oxazole rings is 1. The SMILES string of the molecule is S=c1n(CSc2nc3ccccc3o2)nc(-c2ccccc2)n1-c1ccccc1. The highest BCUT2D eigenvalue weighted by Gasteiger charge is 2.15. The summed E-state index contributed by atoms with van der Waals surface area (Å²) >= 11 is 7.24. The largest absolute Gasteiger partial charge is 0.431 e. The first-order valence-corrected chi connectivity index (χ1v) is 10.5. The van der Waals surface area contributed by atoms with Crippen molar-refractivity contribution in [3.63, 3.8) is 0 Å². The van der Waals surface area contributed by atoms with Gasteiger partial charge in [0.2, 0.25) is 4.77 Å². The number of nitrogens with zero attached hydrogens (tertiary/aromatic N) is 4. The van der Waals surface area contributed by atoms with E-state index in [9.17, 15) is 0 Å². The summed E-state index contributed by atoms with van der Waals surface area (Å²) in [6.07, 6.45) is 0. The van der Waals surface area contributed by atoms with Crippen molar-refractivity contribution in [2.75, 3.05) is 0 Å². The van der Waals surface area contributed by atoms with Crippen LogP contribution >= 0.6 is 24.0 Å². The Hall–Kier alpha value is -3.16. The molecular weight excluding hydrogens is 400 g/mol. The van der Waals surface area contributed by atoms with Gasteiger partial charge in [0, 0.05) is 11.3 Å². The first-order chi connectivity index (χ1) is 14.3. The van der Waals surface area contributed by atoms with Gasteiger partial charge in [-0.05, 0) is 48.2 Å². The van der Waals surface area contributed by atoms with Gasteiger partial charge in [-0.2, -0.15) is 5.10 Å². The molecule has 29 heavy (non-hydrogen) atoms. The van der Waals surface area contributed by atoms with Crippen molar-refractivity contribution in [2.45, 2.75) is 11.1 Å². The van der Waals surface area contributed by atoms with Gasteiger partial charge in [-0.25, -0.2) is 9.67 Å². The predicted octanol–water partition coefficient (Wildman–Crippen LogP) is 5.96. The smallest absolute Gasteiger partial charge is 0.258 e. The number of benzene rings is 3. The van der Waals surface area contributed by atoms with Crippen LogP contribution in [0.2, 0.25) is 0 Å². The second-order valence-corrected chi connectivity index (χ2v) is 7.62. The van der Waals surface area contributed by atoms with Crippen LogP contribution in [0.15, 0.2) is 94.6 Å². The van der Waals surface area contributed by atoms with Gasteiger partial charge in [0.25, 0.3) is 5.22 Å². The Labute approximate surface area is 176 Å². The normalized spacial score (nSPS) is 11.2. The van der Waals surface area contributed by atoms with Gasteiger partial charge in [-0.1, -0.05) is 60.7 Å². The van der Waals surface area contributed by atoms with Crippen molar-refractivity contribution < 1.29 is 4.42 Å². The quantitative estimate of drug-likeness (QED) is 0.261. The van der Waals surface area contributed by atoms with Gasteiger partial charge in [0.15, 0.2) is 11.4 Å². The van der Waals surface area contributed by atoms with Crippen molar-refractivity contribution in [3.8, 4) is 17.1 Å². The summed E-state index contributed by atoms with van der Waals surface area (Å²) in [5, 5.41) is 5.41. The molecule has 142 valence electrons. The summed E-state index contributed by atoms with van der Waals surface area (Å²) in [7, 11) is 0. The molecule has 0 N–H and O–H groups in total. The lowest BCUT2D eigenvalue weighted by Gasteiger charge is -2.06. The van der Waals surface area contributed by atoms with Crippen LogP contribution in [-0.2, 0) is 5.88 Å². The van der Waals surface area contributed by atoms with E-state index in [1.54, 1.807) is 0 Å². The minimum atomic E-state index is 0.505. The Morgan fingerprint density at radius 3 is 2.31 bits per heavy atom. The topological polar surface area (TPSA) is 48.8 Å². The first-order valence-electron chi connectivity index (χ1n) is 9.09. The number of thioether (sulfide) groups is 1. The molecule has 0 amide bonds. The third-order valence-corrected chi connectivity index (χ3v) is 5.66. The molecule has 0 bridgehead atoms. The molecule has 7 heteroatoms. The molecule has 0 spiro atoms. The molecule has 3 aromatic carbocycles. The summed E-state index contributed by atoms with van der Waals surface area (Å²) in [6.45, 7) is 0. The van der Waals surface area contributed by atoms with Crippen LogP contribution in [0, 0.1) is 4.77 Å². The maximum atomic E-state index is 5.81. The lowest BCUT2D eigenvalue weighted by Crippen LogP contribution is -1.99. The minimum Gasteiger partial charge on any atom is -0.431 e. The van der Waals surface area contributed by atoms with Gasteiger partial charge in [-0.3, -0.25) is 4.57 Å². The number of fused-ring (bicyclic) bond motifs is 1.